The van der Waals surface area contributed by atoms with E-state index in [-0.39, 0.29) is 22.3 Å². The highest BCUT2D eigenvalue weighted by Crippen LogP contribution is 2.40. The molecule has 1 fully saturated rings. The van der Waals surface area contributed by atoms with Crippen molar-refractivity contribution in [2.45, 2.75) is 17.7 Å². The Kier molecular flexibility index (Phi) is 5.27. The first-order valence-corrected chi connectivity index (χ1v) is 9.85. The molecule has 7 nitrogen and oxygen atoms in total. The quantitative estimate of drug-likeness (QED) is 0.696. The third-order valence-corrected chi connectivity index (χ3v) is 5.71. The Labute approximate surface area is 158 Å². The zero-order valence-corrected chi connectivity index (χ0v) is 16.1. The van der Waals surface area contributed by atoms with Gasteiger partial charge in [-0.15, -0.1) is 0 Å². The summed E-state index contributed by atoms with van der Waals surface area (Å²) in [6.07, 6.45) is 1.81. The molecule has 1 N–H and O–H groups in total. The van der Waals surface area contributed by atoms with E-state index < -0.39 is 10.0 Å². The van der Waals surface area contributed by atoms with Gasteiger partial charge in [0.05, 0.1) is 31.9 Å². The number of carbonyl (C=O) groups excluding carboxylic acids is 1. The van der Waals surface area contributed by atoms with Gasteiger partial charge in [-0.25, -0.2) is 8.42 Å². The summed E-state index contributed by atoms with van der Waals surface area (Å²) >= 11 is 0. The predicted octanol–water partition coefficient (Wildman–Crippen LogP) is 3.11. The van der Waals surface area contributed by atoms with Crippen molar-refractivity contribution in [3.8, 4) is 17.2 Å². The molecule has 2 aromatic carbocycles. The second-order valence-corrected chi connectivity index (χ2v) is 7.86. The zero-order chi connectivity index (χ0) is 19.6. The fourth-order valence-corrected chi connectivity index (χ4v) is 3.77. The van der Waals surface area contributed by atoms with E-state index in [1.54, 1.807) is 12.1 Å². The Morgan fingerprint density at radius 3 is 1.96 bits per heavy atom. The molecule has 0 amide bonds. The van der Waals surface area contributed by atoms with Crippen molar-refractivity contribution in [3.63, 3.8) is 0 Å². The summed E-state index contributed by atoms with van der Waals surface area (Å²) in [4.78, 5) is 12.1. The van der Waals surface area contributed by atoms with Crippen LogP contribution in [0, 0.1) is 5.92 Å². The van der Waals surface area contributed by atoms with Crippen LogP contribution in [0.1, 0.15) is 23.2 Å². The standard InChI is InChI=1S/C19H21NO6S/c1-24-16-10-14(11-17(25-2)19(16)26-3)20-27(22,23)15-8-6-13(7-9-15)18(21)12-4-5-12/h6-12,20H,4-5H2,1-3H3. The first-order chi connectivity index (χ1) is 12.9. The Bertz CT molecular complexity index is 924. The van der Waals surface area contributed by atoms with Gasteiger partial charge in [0.2, 0.25) is 5.75 Å². The van der Waals surface area contributed by atoms with Gasteiger partial charge in [-0.05, 0) is 25.0 Å². The molecule has 8 heteroatoms. The lowest BCUT2D eigenvalue weighted by Gasteiger charge is -2.15. The largest absolute Gasteiger partial charge is 0.493 e. The van der Waals surface area contributed by atoms with Crippen LogP contribution in [-0.2, 0) is 10.0 Å². The van der Waals surface area contributed by atoms with E-state index in [1.807, 2.05) is 0 Å². The van der Waals surface area contributed by atoms with E-state index in [9.17, 15) is 13.2 Å². The molecule has 0 radical (unpaired) electrons. The van der Waals surface area contributed by atoms with Gasteiger partial charge >= 0.3 is 0 Å². The number of rotatable bonds is 8. The molecule has 2 aromatic rings. The van der Waals surface area contributed by atoms with Crippen LogP contribution in [0.25, 0.3) is 0 Å². The second kappa shape index (κ2) is 7.48. The summed E-state index contributed by atoms with van der Waals surface area (Å²) in [5.41, 5.74) is 0.798. The smallest absolute Gasteiger partial charge is 0.261 e. The van der Waals surface area contributed by atoms with Crippen LogP contribution in [0.15, 0.2) is 41.3 Å². The number of benzene rings is 2. The van der Waals surface area contributed by atoms with Crippen molar-refractivity contribution >= 4 is 21.5 Å². The third-order valence-electron chi connectivity index (χ3n) is 4.31. The van der Waals surface area contributed by atoms with Gasteiger partial charge < -0.3 is 14.2 Å². The number of hydrogen-bond acceptors (Lipinski definition) is 6. The highest BCUT2D eigenvalue weighted by Gasteiger charge is 2.30. The molecule has 144 valence electrons. The molecule has 1 aliphatic carbocycles. The van der Waals surface area contributed by atoms with Gasteiger partial charge in [0.1, 0.15) is 0 Å². The van der Waals surface area contributed by atoms with Crippen molar-refractivity contribution in [1.82, 2.24) is 0 Å². The van der Waals surface area contributed by atoms with Crippen LogP contribution in [0.5, 0.6) is 17.2 Å². The number of Topliss-reactive ketones (excluding diaryl/α,β-unsaturated/α-hetero) is 1. The van der Waals surface area contributed by atoms with Crippen LogP contribution in [0.3, 0.4) is 0 Å². The molecule has 0 aliphatic heterocycles. The van der Waals surface area contributed by atoms with Crippen LogP contribution in [0.2, 0.25) is 0 Å². The minimum absolute atomic E-state index is 0.0589. The average Bonchev–Trinajstić information content (AvgIpc) is 3.51. The molecule has 1 saturated carbocycles. The second-order valence-electron chi connectivity index (χ2n) is 6.18. The first-order valence-electron chi connectivity index (χ1n) is 8.36. The Hall–Kier alpha value is -2.74. The lowest BCUT2D eigenvalue weighted by molar-refractivity contribution is 0.0967. The normalized spacial score (nSPS) is 13.7. The minimum Gasteiger partial charge on any atom is -0.493 e. The molecule has 1 aliphatic rings. The lowest BCUT2D eigenvalue weighted by Crippen LogP contribution is -2.13. The Morgan fingerprint density at radius 2 is 1.52 bits per heavy atom. The Balaban J connectivity index is 1.86. The average molecular weight is 391 g/mol. The van der Waals surface area contributed by atoms with Gasteiger partial charge in [-0.1, -0.05) is 12.1 Å². The van der Waals surface area contributed by atoms with Gasteiger partial charge in [0.15, 0.2) is 17.3 Å². The first kappa shape index (κ1) is 19.0. The van der Waals surface area contributed by atoms with Crippen molar-refractivity contribution in [3.05, 3.63) is 42.0 Å². The molecule has 27 heavy (non-hydrogen) atoms. The number of sulfonamides is 1. The monoisotopic (exact) mass is 391 g/mol. The van der Waals surface area contributed by atoms with Crippen LogP contribution < -0.4 is 18.9 Å². The highest BCUT2D eigenvalue weighted by atomic mass is 32.2. The fourth-order valence-electron chi connectivity index (χ4n) is 2.73. The van der Waals surface area contributed by atoms with Gasteiger partial charge in [0, 0.05) is 23.6 Å². The number of ketones is 1. The minimum atomic E-state index is -3.84. The zero-order valence-electron chi connectivity index (χ0n) is 15.3. The molecular weight excluding hydrogens is 370 g/mol. The van der Waals surface area contributed by atoms with Crippen LogP contribution in [-0.4, -0.2) is 35.5 Å². The molecule has 0 saturated heterocycles. The summed E-state index contributed by atoms with van der Waals surface area (Å²) < 4.78 is 43.5. The summed E-state index contributed by atoms with van der Waals surface area (Å²) in [5.74, 6) is 1.19. The molecule has 3 rings (SSSR count). The molecule has 0 bridgehead atoms. The molecule has 0 spiro atoms. The summed E-state index contributed by atoms with van der Waals surface area (Å²) in [6.45, 7) is 0. The van der Waals surface area contributed by atoms with E-state index in [2.05, 4.69) is 4.72 Å². The number of methoxy groups -OCH3 is 3. The van der Waals surface area contributed by atoms with Gasteiger partial charge in [0.25, 0.3) is 10.0 Å². The number of ether oxygens (including phenoxy) is 3. The van der Waals surface area contributed by atoms with Crippen molar-refractivity contribution in [1.29, 1.82) is 0 Å². The SMILES string of the molecule is COc1cc(NS(=O)(=O)c2ccc(C(=O)C3CC3)cc2)cc(OC)c1OC. The summed E-state index contributed by atoms with van der Waals surface area (Å²) in [7, 11) is 0.523. The Morgan fingerprint density at radius 1 is 0.963 bits per heavy atom. The van der Waals surface area contributed by atoms with Crippen LogP contribution in [0.4, 0.5) is 5.69 Å². The summed E-state index contributed by atoms with van der Waals surface area (Å²) in [5, 5.41) is 0. The van der Waals surface area contributed by atoms with Crippen molar-refractivity contribution in [2.24, 2.45) is 5.92 Å². The third kappa shape index (κ3) is 4.00. The molecule has 0 heterocycles. The van der Waals surface area contributed by atoms with Crippen molar-refractivity contribution in [2.75, 3.05) is 26.1 Å². The van der Waals surface area contributed by atoms with E-state index in [4.69, 9.17) is 14.2 Å². The lowest BCUT2D eigenvalue weighted by atomic mass is 10.1. The van der Waals surface area contributed by atoms with E-state index in [0.717, 1.165) is 12.8 Å². The molecule has 0 unspecified atom stereocenters. The maximum atomic E-state index is 12.7. The van der Waals surface area contributed by atoms with Gasteiger partial charge in [-0.2, -0.15) is 0 Å². The highest BCUT2D eigenvalue weighted by molar-refractivity contribution is 7.92. The number of carbonyl (C=O) groups is 1. The van der Waals surface area contributed by atoms with Crippen molar-refractivity contribution < 1.29 is 27.4 Å². The fraction of sp³-hybridized carbons (Fsp3) is 0.316. The summed E-state index contributed by atoms with van der Waals surface area (Å²) in [6, 6.07) is 8.95. The van der Waals surface area contributed by atoms with E-state index >= 15 is 0 Å². The van der Waals surface area contributed by atoms with E-state index in [1.165, 1.54) is 45.6 Å². The van der Waals surface area contributed by atoms with Gasteiger partial charge in [-0.3, -0.25) is 9.52 Å². The molecule has 0 atom stereocenters. The topological polar surface area (TPSA) is 90.9 Å². The number of hydrogen-bond donors (Lipinski definition) is 1. The van der Waals surface area contributed by atoms with Crippen LogP contribution >= 0.6 is 0 Å². The van der Waals surface area contributed by atoms with E-state index in [0.29, 0.717) is 22.8 Å². The maximum absolute atomic E-state index is 12.7. The number of anilines is 1. The predicted molar refractivity (Wildman–Crippen MR) is 100 cm³/mol. The maximum Gasteiger partial charge on any atom is 0.261 e. The number of nitrogens with one attached hydrogen (secondary N) is 1. The molecule has 0 aromatic heterocycles. The molecular formula is C19H21NO6S.